The van der Waals surface area contributed by atoms with E-state index in [1.165, 1.54) is 0 Å². The molecule has 3 N–H and O–H groups in total. The maximum atomic E-state index is 11.9. The van der Waals surface area contributed by atoms with Crippen molar-refractivity contribution in [3.63, 3.8) is 0 Å². The predicted octanol–water partition coefficient (Wildman–Crippen LogP) is 3.01. The van der Waals surface area contributed by atoms with E-state index in [9.17, 15) is 4.79 Å². The lowest BCUT2D eigenvalue weighted by atomic mass is 10.1. The van der Waals surface area contributed by atoms with Crippen molar-refractivity contribution in [2.75, 3.05) is 17.7 Å². The molecule has 0 aliphatic rings. The standard InChI is InChI=1S/C16H19N3O2/c1-3-21-16(20)14-5-4-10-18-15(14)19-11(2)12-6-8-13(17)9-7-12/h4-11H,3,17H2,1-2H3,(H,18,19). The Morgan fingerprint density at radius 1 is 1.33 bits per heavy atom. The first-order chi connectivity index (χ1) is 10.1. The van der Waals surface area contributed by atoms with Crippen molar-refractivity contribution < 1.29 is 9.53 Å². The molecular formula is C16H19N3O2. The minimum Gasteiger partial charge on any atom is -0.462 e. The summed E-state index contributed by atoms with van der Waals surface area (Å²) in [6.45, 7) is 4.11. The smallest absolute Gasteiger partial charge is 0.341 e. The first-order valence-electron chi connectivity index (χ1n) is 6.86. The molecule has 1 aromatic carbocycles. The second kappa shape index (κ2) is 6.74. The molecular weight excluding hydrogens is 266 g/mol. The van der Waals surface area contributed by atoms with Crippen molar-refractivity contribution in [2.45, 2.75) is 19.9 Å². The monoisotopic (exact) mass is 285 g/mol. The Bertz CT molecular complexity index is 611. The highest BCUT2D eigenvalue weighted by Gasteiger charge is 2.15. The van der Waals surface area contributed by atoms with Crippen LogP contribution < -0.4 is 11.1 Å². The van der Waals surface area contributed by atoms with E-state index in [1.54, 1.807) is 25.3 Å². The minimum atomic E-state index is -0.377. The van der Waals surface area contributed by atoms with Crippen LogP contribution in [0, 0.1) is 0 Å². The number of nitrogens with zero attached hydrogens (tertiary/aromatic N) is 1. The topological polar surface area (TPSA) is 77.2 Å². The third-order valence-electron chi connectivity index (χ3n) is 3.09. The van der Waals surface area contributed by atoms with Gasteiger partial charge in [-0.25, -0.2) is 9.78 Å². The molecule has 5 nitrogen and oxygen atoms in total. The fourth-order valence-electron chi connectivity index (χ4n) is 1.97. The van der Waals surface area contributed by atoms with E-state index in [4.69, 9.17) is 10.5 Å². The molecule has 5 heteroatoms. The number of aromatic nitrogens is 1. The number of rotatable bonds is 5. The summed E-state index contributed by atoms with van der Waals surface area (Å²) in [6, 6.07) is 11.0. The van der Waals surface area contributed by atoms with Crippen molar-refractivity contribution in [3.05, 3.63) is 53.7 Å². The predicted molar refractivity (Wildman–Crippen MR) is 83.1 cm³/mol. The Hall–Kier alpha value is -2.56. The number of pyridine rings is 1. The highest BCUT2D eigenvalue weighted by molar-refractivity contribution is 5.94. The molecule has 0 aliphatic carbocycles. The van der Waals surface area contributed by atoms with Crippen LogP contribution in [0.15, 0.2) is 42.6 Å². The van der Waals surface area contributed by atoms with Gasteiger partial charge in [-0.3, -0.25) is 0 Å². The number of carbonyl (C=O) groups is 1. The maximum absolute atomic E-state index is 11.9. The number of nitrogens with two attached hydrogens (primary N) is 1. The number of carbonyl (C=O) groups excluding carboxylic acids is 1. The van der Waals surface area contributed by atoms with Gasteiger partial charge in [-0.15, -0.1) is 0 Å². The Morgan fingerprint density at radius 2 is 2.05 bits per heavy atom. The molecule has 0 saturated heterocycles. The van der Waals surface area contributed by atoms with Gasteiger partial charge in [0, 0.05) is 17.9 Å². The van der Waals surface area contributed by atoms with Gasteiger partial charge in [0.25, 0.3) is 0 Å². The van der Waals surface area contributed by atoms with Crippen LogP contribution in [0.3, 0.4) is 0 Å². The van der Waals surface area contributed by atoms with E-state index in [2.05, 4.69) is 10.3 Å². The number of hydrogen-bond acceptors (Lipinski definition) is 5. The molecule has 0 amide bonds. The van der Waals surface area contributed by atoms with Gasteiger partial charge in [0.1, 0.15) is 11.4 Å². The molecule has 0 aliphatic heterocycles. The molecule has 0 fully saturated rings. The fraction of sp³-hybridized carbons (Fsp3) is 0.250. The number of ether oxygens (including phenoxy) is 1. The zero-order valence-electron chi connectivity index (χ0n) is 12.2. The van der Waals surface area contributed by atoms with Crippen molar-refractivity contribution in [2.24, 2.45) is 0 Å². The van der Waals surface area contributed by atoms with E-state index in [0.29, 0.717) is 18.0 Å². The summed E-state index contributed by atoms with van der Waals surface area (Å²) in [5, 5.41) is 3.23. The molecule has 2 aromatic rings. The van der Waals surface area contributed by atoms with Gasteiger partial charge in [0.2, 0.25) is 0 Å². The summed E-state index contributed by atoms with van der Waals surface area (Å²) < 4.78 is 5.04. The van der Waals surface area contributed by atoms with Crippen molar-refractivity contribution in [1.29, 1.82) is 0 Å². The second-order valence-electron chi connectivity index (χ2n) is 4.65. The molecule has 110 valence electrons. The molecule has 0 bridgehead atoms. The van der Waals surface area contributed by atoms with Crippen molar-refractivity contribution >= 4 is 17.5 Å². The quantitative estimate of drug-likeness (QED) is 0.652. The van der Waals surface area contributed by atoms with Gasteiger partial charge in [-0.1, -0.05) is 12.1 Å². The number of nitrogen functional groups attached to an aromatic ring is 1. The van der Waals surface area contributed by atoms with E-state index >= 15 is 0 Å². The first kappa shape index (κ1) is 14.8. The molecule has 1 unspecified atom stereocenters. The number of nitrogens with one attached hydrogen (secondary N) is 1. The molecule has 1 atom stereocenters. The first-order valence-corrected chi connectivity index (χ1v) is 6.86. The average Bonchev–Trinajstić information content (AvgIpc) is 2.48. The Morgan fingerprint density at radius 3 is 2.71 bits per heavy atom. The largest absolute Gasteiger partial charge is 0.462 e. The van der Waals surface area contributed by atoms with Crippen LogP contribution in [0.4, 0.5) is 11.5 Å². The van der Waals surface area contributed by atoms with Crippen LogP contribution in [0.2, 0.25) is 0 Å². The molecule has 2 rings (SSSR count). The summed E-state index contributed by atoms with van der Waals surface area (Å²) in [5.41, 5.74) is 7.89. The highest BCUT2D eigenvalue weighted by atomic mass is 16.5. The maximum Gasteiger partial charge on any atom is 0.341 e. The average molecular weight is 285 g/mol. The van der Waals surface area contributed by atoms with Gasteiger partial charge in [0.15, 0.2) is 0 Å². The van der Waals surface area contributed by atoms with Crippen LogP contribution in [-0.2, 0) is 4.74 Å². The van der Waals surface area contributed by atoms with E-state index in [-0.39, 0.29) is 12.0 Å². The van der Waals surface area contributed by atoms with Crippen LogP contribution in [0.25, 0.3) is 0 Å². The molecule has 1 heterocycles. The Kier molecular flexibility index (Phi) is 4.77. The SMILES string of the molecule is CCOC(=O)c1cccnc1NC(C)c1ccc(N)cc1. The van der Waals surface area contributed by atoms with Crippen LogP contribution in [0.5, 0.6) is 0 Å². The van der Waals surface area contributed by atoms with Crippen LogP contribution in [0.1, 0.15) is 35.8 Å². The molecule has 21 heavy (non-hydrogen) atoms. The Labute approximate surface area is 124 Å². The Balaban J connectivity index is 2.19. The lowest BCUT2D eigenvalue weighted by molar-refractivity contribution is 0.0527. The number of esters is 1. The van der Waals surface area contributed by atoms with E-state index in [0.717, 1.165) is 11.3 Å². The lowest BCUT2D eigenvalue weighted by Gasteiger charge is -2.17. The minimum absolute atomic E-state index is 0.00586. The van der Waals surface area contributed by atoms with Gasteiger partial charge in [0.05, 0.1) is 6.61 Å². The number of hydrogen-bond donors (Lipinski definition) is 2. The summed E-state index contributed by atoms with van der Waals surface area (Å²) >= 11 is 0. The van der Waals surface area contributed by atoms with Gasteiger partial charge in [-0.05, 0) is 43.7 Å². The zero-order valence-corrected chi connectivity index (χ0v) is 12.2. The summed E-state index contributed by atoms with van der Waals surface area (Å²) in [6.07, 6.45) is 1.64. The van der Waals surface area contributed by atoms with E-state index in [1.807, 2.05) is 31.2 Å². The number of benzene rings is 1. The van der Waals surface area contributed by atoms with Gasteiger partial charge in [-0.2, -0.15) is 0 Å². The second-order valence-corrected chi connectivity index (χ2v) is 4.65. The summed E-state index contributed by atoms with van der Waals surface area (Å²) in [7, 11) is 0. The van der Waals surface area contributed by atoms with Crippen LogP contribution in [-0.4, -0.2) is 17.6 Å². The van der Waals surface area contributed by atoms with Crippen LogP contribution >= 0.6 is 0 Å². The van der Waals surface area contributed by atoms with Crippen molar-refractivity contribution in [1.82, 2.24) is 4.98 Å². The summed E-state index contributed by atoms with van der Waals surface area (Å²) in [5.74, 6) is 0.137. The third kappa shape index (κ3) is 3.72. The fourth-order valence-corrected chi connectivity index (χ4v) is 1.97. The molecule has 0 radical (unpaired) electrons. The summed E-state index contributed by atoms with van der Waals surface area (Å²) in [4.78, 5) is 16.1. The number of anilines is 2. The molecule has 0 spiro atoms. The molecule has 0 saturated carbocycles. The third-order valence-corrected chi connectivity index (χ3v) is 3.09. The zero-order chi connectivity index (χ0) is 15.2. The van der Waals surface area contributed by atoms with E-state index < -0.39 is 0 Å². The van der Waals surface area contributed by atoms with Crippen molar-refractivity contribution in [3.8, 4) is 0 Å². The van der Waals surface area contributed by atoms with Gasteiger partial charge >= 0.3 is 5.97 Å². The highest BCUT2D eigenvalue weighted by Crippen LogP contribution is 2.21. The lowest BCUT2D eigenvalue weighted by Crippen LogP contribution is -2.14. The normalized spacial score (nSPS) is 11.7. The molecule has 1 aromatic heterocycles. The van der Waals surface area contributed by atoms with Gasteiger partial charge < -0.3 is 15.8 Å².